The summed E-state index contributed by atoms with van der Waals surface area (Å²) < 4.78 is 9.62. The zero-order chi connectivity index (χ0) is 20.9. The molecular formula is C23H34O4. The molecule has 0 saturated heterocycles. The fourth-order valence-corrected chi connectivity index (χ4v) is 2.72. The maximum Gasteiger partial charge on any atom is 0.324 e. The molecule has 0 bridgehead atoms. The van der Waals surface area contributed by atoms with Crippen LogP contribution in [-0.4, -0.2) is 26.2 Å². The maximum absolute atomic E-state index is 12.2. The Bertz CT molecular complexity index is 609. The molecule has 0 atom stereocenters. The van der Waals surface area contributed by atoms with Crippen LogP contribution in [0.1, 0.15) is 66.2 Å². The number of rotatable bonds is 11. The number of carbonyl (C=O) groups is 2. The zero-order valence-electron chi connectivity index (χ0n) is 17.7. The van der Waals surface area contributed by atoms with Crippen LogP contribution in [-0.2, 0) is 19.1 Å². The van der Waals surface area contributed by atoms with Crippen molar-refractivity contribution in [3.05, 3.63) is 34.9 Å². The number of hydrogen-bond acceptors (Lipinski definition) is 4. The number of carbonyl (C=O) groups excluding carboxylic acids is 2. The van der Waals surface area contributed by atoms with Crippen LogP contribution >= 0.6 is 0 Å². The SMILES string of the molecule is C#CCC(C/C=C(\C)CC/C=C(\C)CCC=C(C)C)(C(=O)OC)C(=O)OC. The first-order chi connectivity index (χ1) is 12.7. The molecule has 4 nitrogen and oxygen atoms in total. The van der Waals surface area contributed by atoms with Gasteiger partial charge in [-0.05, 0) is 59.8 Å². The van der Waals surface area contributed by atoms with Gasteiger partial charge in [0.25, 0.3) is 0 Å². The van der Waals surface area contributed by atoms with Crippen molar-refractivity contribution in [3.63, 3.8) is 0 Å². The molecule has 0 aliphatic rings. The molecule has 0 saturated carbocycles. The van der Waals surface area contributed by atoms with Gasteiger partial charge < -0.3 is 9.47 Å². The highest BCUT2D eigenvalue weighted by molar-refractivity contribution is 6.00. The van der Waals surface area contributed by atoms with Crippen LogP contribution in [0.3, 0.4) is 0 Å². The lowest BCUT2D eigenvalue weighted by Gasteiger charge is -2.25. The van der Waals surface area contributed by atoms with Crippen molar-refractivity contribution < 1.29 is 19.1 Å². The van der Waals surface area contributed by atoms with E-state index in [1.54, 1.807) is 0 Å². The van der Waals surface area contributed by atoms with Gasteiger partial charge in [-0.25, -0.2) is 0 Å². The van der Waals surface area contributed by atoms with Gasteiger partial charge in [0, 0.05) is 6.42 Å². The third-order valence-electron chi connectivity index (χ3n) is 4.48. The van der Waals surface area contributed by atoms with Crippen molar-refractivity contribution in [1.29, 1.82) is 0 Å². The van der Waals surface area contributed by atoms with Gasteiger partial charge in [-0.1, -0.05) is 34.9 Å². The standard InChI is InChI=1S/C23H34O4/c1-8-16-23(21(24)26-6,22(25)27-7)17-15-20(5)14-10-13-19(4)12-9-11-18(2)3/h1,11,13,15H,9-10,12,14,16-17H2,2-7H3/b19-13+,20-15+. The van der Waals surface area contributed by atoms with Crippen molar-refractivity contribution in [2.24, 2.45) is 5.41 Å². The molecular weight excluding hydrogens is 340 g/mol. The van der Waals surface area contributed by atoms with E-state index in [-0.39, 0.29) is 12.8 Å². The smallest absolute Gasteiger partial charge is 0.324 e. The number of hydrogen-bond donors (Lipinski definition) is 0. The molecule has 0 N–H and O–H groups in total. The monoisotopic (exact) mass is 374 g/mol. The second-order valence-electron chi connectivity index (χ2n) is 7.11. The molecule has 0 aliphatic carbocycles. The number of ether oxygens (including phenoxy) is 2. The fourth-order valence-electron chi connectivity index (χ4n) is 2.72. The molecule has 0 fully saturated rings. The Hall–Kier alpha value is -2.28. The first-order valence-electron chi connectivity index (χ1n) is 9.28. The number of allylic oxidation sites excluding steroid dienone is 6. The second kappa shape index (κ2) is 13.0. The molecule has 0 amide bonds. The first kappa shape index (κ1) is 24.7. The van der Waals surface area contributed by atoms with Crippen LogP contribution in [0.2, 0.25) is 0 Å². The Morgan fingerprint density at radius 1 is 0.889 bits per heavy atom. The fraction of sp³-hybridized carbons (Fsp3) is 0.565. The van der Waals surface area contributed by atoms with E-state index in [0.29, 0.717) is 0 Å². The summed E-state index contributed by atoms with van der Waals surface area (Å²) in [7, 11) is 2.49. The van der Waals surface area contributed by atoms with Gasteiger partial charge in [0.2, 0.25) is 0 Å². The summed E-state index contributed by atoms with van der Waals surface area (Å²) >= 11 is 0. The zero-order valence-corrected chi connectivity index (χ0v) is 17.7. The number of esters is 2. The normalized spacial score (nSPS) is 12.2. The first-order valence-corrected chi connectivity index (χ1v) is 9.28. The van der Waals surface area contributed by atoms with Crippen LogP contribution in [0.5, 0.6) is 0 Å². The van der Waals surface area contributed by atoms with Crippen LogP contribution in [0, 0.1) is 17.8 Å². The Balaban J connectivity index is 4.95. The highest BCUT2D eigenvalue weighted by Gasteiger charge is 2.47. The van der Waals surface area contributed by atoms with Gasteiger partial charge in [-0.15, -0.1) is 12.3 Å². The van der Waals surface area contributed by atoms with E-state index in [4.69, 9.17) is 15.9 Å². The minimum absolute atomic E-state index is 0.0561. The van der Waals surface area contributed by atoms with Crippen LogP contribution in [0.4, 0.5) is 0 Å². The molecule has 0 heterocycles. The molecule has 150 valence electrons. The van der Waals surface area contributed by atoms with Crippen molar-refractivity contribution in [1.82, 2.24) is 0 Å². The summed E-state index contributed by atoms with van der Waals surface area (Å²) in [6.45, 7) is 8.35. The Morgan fingerprint density at radius 2 is 1.37 bits per heavy atom. The van der Waals surface area contributed by atoms with Crippen molar-refractivity contribution in [3.8, 4) is 12.3 Å². The predicted octanol–water partition coefficient (Wildman–Crippen LogP) is 5.15. The van der Waals surface area contributed by atoms with E-state index >= 15 is 0 Å². The minimum atomic E-state index is -1.48. The van der Waals surface area contributed by atoms with E-state index in [2.05, 4.69) is 38.8 Å². The molecule has 0 aromatic carbocycles. The number of methoxy groups -OCH3 is 2. The van der Waals surface area contributed by atoms with Gasteiger partial charge in [0.15, 0.2) is 5.41 Å². The molecule has 0 aliphatic heterocycles. The van der Waals surface area contributed by atoms with Crippen LogP contribution in [0.15, 0.2) is 34.9 Å². The van der Waals surface area contributed by atoms with Gasteiger partial charge in [-0.2, -0.15) is 0 Å². The quantitative estimate of drug-likeness (QED) is 0.217. The molecule has 0 radical (unpaired) electrons. The van der Waals surface area contributed by atoms with Crippen LogP contribution in [0.25, 0.3) is 0 Å². The maximum atomic E-state index is 12.2. The minimum Gasteiger partial charge on any atom is -0.468 e. The third kappa shape index (κ3) is 8.77. The summed E-state index contributed by atoms with van der Waals surface area (Å²) in [6.07, 6.45) is 15.8. The van der Waals surface area contributed by atoms with Crippen molar-refractivity contribution in [2.75, 3.05) is 14.2 Å². The summed E-state index contributed by atoms with van der Waals surface area (Å²) in [4.78, 5) is 24.5. The average Bonchev–Trinajstić information content (AvgIpc) is 2.63. The topological polar surface area (TPSA) is 52.6 Å². The number of terminal acetylenes is 1. The van der Waals surface area contributed by atoms with E-state index in [1.807, 2.05) is 13.0 Å². The van der Waals surface area contributed by atoms with E-state index in [1.165, 1.54) is 25.4 Å². The highest BCUT2D eigenvalue weighted by atomic mass is 16.5. The second-order valence-corrected chi connectivity index (χ2v) is 7.11. The van der Waals surface area contributed by atoms with Crippen molar-refractivity contribution >= 4 is 11.9 Å². The lowest BCUT2D eigenvalue weighted by molar-refractivity contribution is -0.168. The van der Waals surface area contributed by atoms with Gasteiger partial charge in [0.1, 0.15) is 0 Å². The average molecular weight is 375 g/mol. The van der Waals surface area contributed by atoms with Gasteiger partial charge >= 0.3 is 11.9 Å². The molecule has 0 rings (SSSR count). The Kier molecular flexibility index (Phi) is 11.9. The molecule has 0 aromatic heterocycles. The molecule has 0 unspecified atom stereocenters. The Morgan fingerprint density at radius 3 is 1.81 bits per heavy atom. The lowest BCUT2D eigenvalue weighted by Crippen LogP contribution is -2.40. The molecule has 0 aromatic rings. The molecule has 0 spiro atoms. The molecule has 4 heteroatoms. The van der Waals surface area contributed by atoms with E-state index in [9.17, 15) is 9.59 Å². The summed E-state index contributed by atoms with van der Waals surface area (Å²) in [5, 5.41) is 0. The highest BCUT2D eigenvalue weighted by Crippen LogP contribution is 2.31. The third-order valence-corrected chi connectivity index (χ3v) is 4.48. The van der Waals surface area contributed by atoms with Crippen LogP contribution < -0.4 is 0 Å². The molecule has 27 heavy (non-hydrogen) atoms. The van der Waals surface area contributed by atoms with E-state index < -0.39 is 17.4 Å². The van der Waals surface area contributed by atoms with Crippen molar-refractivity contribution in [2.45, 2.75) is 66.2 Å². The largest absolute Gasteiger partial charge is 0.468 e. The van der Waals surface area contributed by atoms with Gasteiger partial charge in [0.05, 0.1) is 14.2 Å². The summed E-state index contributed by atoms with van der Waals surface area (Å²) in [5.41, 5.74) is 2.33. The Labute approximate surface area is 164 Å². The van der Waals surface area contributed by atoms with Gasteiger partial charge in [-0.3, -0.25) is 9.59 Å². The summed E-state index contributed by atoms with van der Waals surface area (Å²) in [5.74, 6) is 1.08. The predicted molar refractivity (Wildman–Crippen MR) is 110 cm³/mol. The lowest BCUT2D eigenvalue weighted by atomic mass is 9.80. The summed E-state index contributed by atoms with van der Waals surface area (Å²) in [6, 6.07) is 0. The van der Waals surface area contributed by atoms with E-state index in [0.717, 1.165) is 31.3 Å².